The monoisotopic (exact) mass is 227 g/mol. The van der Waals surface area contributed by atoms with Crippen LogP contribution in [0.2, 0.25) is 5.02 Å². The molecule has 3 nitrogen and oxygen atoms in total. The van der Waals surface area contributed by atoms with Gasteiger partial charge in [0.1, 0.15) is 5.82 Å². The van der Waals surface area contributed by atoms with Crippen molar-refractivity contribution in [3.8, 4) is 0 Å². The zero-order chi connectivity index (χ0) is 9.97. The van der Waals surface area contributed by atoms with Gasteiger partial charge in [0.25, 0.3) is 0 Å². The van der Waals surface area contributed by atoms with Crippen molar-refractivity contribution in [1.82, 2.24) is 9.78 Å². The number of hydrogen-bond donors (Lipinski definition) is 1. The molecule has 2 rings (SSSR count). The predicted molar refractivity (Wildman–Crippen MR) is 59.9 cm³/mol. The summed E-state index contributed by atoms with van der Waals surface area (Å²) in [5.74, 6) is 0.870. The van der Waals surface area contributed by atoms with E-state index in [1.54, 1.807) is 16.0 Å². The molecule has 0 aliphatic heterocycles. The van der Waals surface area contributed by atoms with Crippen molar-refractivity contribution in [1.29, 1.82) is 0 Å². The smallest absolute Gasteiger partial charge is 0.148 e. The zero-order valence-corrected chi connectivity index (χ0v) is 9.27. The largest absolute Gasteiger partial charge is 0.364 e. The first kappa shape index (κ1) is 9.55. The van der Waals surface area contributed by atoms with Gasteiger partial charge in [-0.15, -0.1) is 0 Å². The van der Waals surface area contributed by atoms with Crippen molar-refractivity contribution < 1.29 is 0 Å². The fourth-order valence-corrected chi connectivity index (χ4v) is 2.18. The normalized spacial score (nSPS) is 10.4. The van der Waals surface area contributed by atoms with E-state index < -0.39 is 0 Å². The van der Waals surface area contributed by atoms with E-state index in [1.165, 1.54) is 0 Å². The molecule has 1 N–H and O–H groups in total. The minimum atomic E-state index is 0.722. The van der Waals surface area contributed by atoms with Gasteiger partial charge in [0.2, 0.25) is 0 Å². The summed E-state index contributed by atoms with van der Waals surface area (Å²) in [6, 6.07) is 1.93. The van der Waals surface area contributed by atoms with Crippen molar-refractivity contribution in [2.24, 2.45) is 7.05 Å². The summed E-state index contributed by atoms with van der Waals surface area (Å²) in [5, 5.41) is 12.2. The molecule has 2 heterocycles. The molecule has 0 aliphatic carbocycles. The Morgan fingerprint density at radius 3 is 3.00 bits per heavy atom. The average molecular weight is 228 g/mol. The number of hydrogen-bond acceptors (Lipinski definition) is 3. The van der Waals surface area contributed by atoms with Crippen LogP contribution in [-0.2, 0) is 13.6 Å². The van der Waals surface area contributed by atoms with E-state index in [2.05, 4.69) is 10.4 Å². The molecule has 0 spiro atoms. The van der Waals surface area contributed by atoms with Crippen LogP contribution in [0.25, 0.3) is 0 Å². The van der Waals surface area contributed by atoms with Gasteiger partial charge in [-0.1, -0.05) is 11.6 Å². The maximum atomic E-state index is 5.96. The lowest BCUT2D eigenvalue weighted by atomic mass is 10.3. The molecule has 14 heavy (non-hydrogen) atoms. The summed E-state index contributed by atoms with van der Waals surface area (Å²) in [4.78, 5) is 0. The summed E-state index contributed by atoms with van der Waals surface area (Å²) in [6.07, 6.45) is 1.90. The predicted octanol–water partition coefficient (Wildman–Crippen LogP) is 2.75. The minimum Gasteiger partial charge on any atom is -0.364 e. The highest BCUT2D eigenvalue weighted by Crippen LogP contribution is 2.21. The van der Waals surface area contributed by atoms with Crippen LogP contribution in [0.1, 0.15) is 5.56 Å². The molecule has 0 unspecified atom stereocenters. The van der Waals surface area contributed by atoms with Crippen molar-refractivity contribution >= 4 is 28.8 Å². The second-order valence-electron chi connectivity index (χ2n) is 2.97. The molecule has 2 aromatic heterocycles. The molecule has 74 valence electrons. The maximum absolute atomic E-state index is 5.96. The van der Waals surface area contributed by atoms with Gasteiger partial charge >= 0.3 is 0 Å². The number of rotatable bonds is 3. The first-order chi connectivity index (χ1) is 6.75. The standard InChI is InChI=1S/C9H10ClN3S/c1-13-3-2-9(12-13)11-4-7-5-14-6-8(7)10/h2-3,5-6H,4H2,1H3,(H,11,12). The quantitative estimate of drug-likeness (QED) is 0.874. The number of halogens is 1. The van der Waals surface area contributed by atoms with Crippen LogP contribution in [-0.4, -0.2) is 9.78 Å². The first-order valence-electron chi connectivity index (χ1n) is 4.20. The molecule has 2 aromatic rings. The Morgan fingerprint density at radius 1 is 1.57 bits per heavy atom. The van der Waals surface area contributed by atoms with E-state index in [0.29, 0.717) is 0 Å². The van der Waals surface area contributed by atoms with Gasteiger partial charge in [-0.2, -0.15) is 16.4 Å². The number of nitrogens with zero attached hydrogens (tertiary/aromatic N) is 2. The van der Waals surface area contributed by atoms with Gasteiger partial charge in [-0.25, -0.2) is 0 Å². The topological polar surface area (TPSA) is 29.9 Å². The third-order valence-electron chi connectivity index (χ3n) is 1.86. The summed E-state index contributed by atoms with van der Waals surface area (Å²) >= 11 is 7.57. The number of nitrogens with one attached hydrogen (secondary N) is 1. The molecule has 0 saturated carbocycles. The summed E-state index contributed by atoms with van der Waals surface area (Å²) in [7, 11) is 1.89. The number of aryl methyl sites for hydroxylation is 1. The lowest BCUT2D eigenvalue weighted by Crippen LogP contribution is -2.00. The van der Waals surface area contributed by atoms with Crippen molar-refractivity contribution in [2.45, 2.75) is 6.54 Å². The third kappa shape index (κ3) is 2.08. The Kier molecular flexibility index (Phi) is 2.74. The molecule has 0 atom stereocenters. The molecule has 0 saturated heterocycles. The Balaban J connectivity index is 1.98. The molecular weight excluding hydrogens is 218 g/mol. The van der Waals surface area contributed by atoms with E-state index in [1.807, 2.05) is 30.1 Å². The Bertz CT molecular complexity index is 421. The van der Waals surface area contributed by atoms with Crippen LogP contribution in [0.4, 0.5) is 5.82 Å². The molecule has 0 aromatic carbocycles. The molecule has 0 aliphatic rings. The van der Waals surface area contributed by atoms with Gasteiger partial charge in [0, 0.05) is 36.8 Å². The van der Waals surface area contributed by atoms with Gasteiger partial charge in [-0.3, -0.25) is 4.68 Å². The highest BCUT2D eigenvalue weighted by atomic mass is 35.5. The third-order valence-corrected chi connectivity index (χ3v) is 3.14. The van der Waals surface area contributed by atoms with E-state index >= 15 is 0 Å². The van der Waals surface area contributed by atoms with Crippen molar-refractivity contribution in [2.75, 3.05) is 5.32 Å². The fourth-order valence-electron chi connectivity index (χ4n) is 1.13. The van der Waals surface area contributed by atoms with Gasteiger partial charge < -0.3 is 5.32 Å². The fraction of sp³-hybridized carbons (Fsp3) is 0.222. The molecule has 0 fully saturated rings. The van der Waals surface area contributed by atoms with E-state index in [-0.39, 0.29) is 0 Å². The Morgan fingerprint density at radius 2 is 2.43 bits per heavy atom. The number of thiophene rings is 1. The Hall–Kier alpha value is -1.00. The highest BCUT2D eigenvalue weighted by Gasteiger charge is 2.01. The van der Waals surface area contributed by atoms with Crippen LogP contribution >= 0.6 is 22.9 Å². The van der Waals surface area contributed by atoms with Crippen LogP contribution < -0.4 is 5.32 Å². The highest BCUT2D eigenvalue weighted by molar-refractivity contribution is 7.08. The lowest BCUT2D eigenvalue weighted by molar-refractivity contribution is 0.768. The summed E-state index contributed by atoms with van der Waals surface area (Å²) in [5.41, 5.74) is 1.11. The van der Waals surface area contributed by atoms with E-state index in [0.717, 1.165) is 22.9 Å². The van der Waals surface area contributed by atoms with Crippen LogP contribution in [0, 0.1) is 0 Å². The maximum Gasteiger partial charge on any atom is 0.148 e. The van der Waals surface area contributed by atoms with Crippen molar-refractivity contribution in [3.05, 3.63) is 33.6 Å². The average Bonchev–Trinajstić information content (AvgIpc) is 2.72. The van der Waals surface area contributed by atoms with Crippen molar-refractivity contribution in [3.63, 3.8) is 0 Å². The van der Waals surface area contributed by atoms with Crippen LogP contribution in [0.5, 0.6) is 0 Å². The van der Waals surface area contributed by atoms with Gasteiger partial charge in [0.05, 0.1) is 5.02 Å². The molecule has 0 bridgehead atoms. The van der Waals surface area contributed by atoms with Crippen LogP contribution in [0.15, 0.2) is 23.0 Å². The van der Waals surface area contributed by atoms with E-state index in [4.69, 9.17) is 11.6 Å². The zero-order valence-electron chi connectivity index (χ0n) is 7.70. The second-order valence-corrected chi connectivity index (χ2v) is 4.12. The summed E-state index contributed by atoms with van der Waals surface area (Å²) < 4.78 is 1.76. The van der Waals surface area contributed by atoms with Gasteiger partial charge in [0.15, 0.2) is 0 Å². The second kappa shape index (κ2) is 4.02. The molecule has 0 radical (unpaired) electrons. The van der Waals surface area contributed by atoms with E-state index in [9.17, 15) is 0 Å². The number of aromatic nitrogens is 2. The van der Waals surface area contributed by atoms with Crippen LogP contribution in [0.3, 0.4) is 0 Å². The number of anilines is 1. The molecular formula is C9H10ClN3S. The lowest BCUT2D eigenvalue weighted by Gasteiger charge is -2.00. The first-order valence-corrected chi connectivity index (χ1v) is 5.52. The Labute approximate surface area is 91.3 Å². The molecule has 0 amide bonds. The molecule has 5 heteroatoms. The SMILES string of the molecule is Cn1ccc(NCc2cscc2Cl)n1. The summed E-state index contributed by atoms with van der Waals surface area (Å²) in [6.45, 7) is 0.722. The minimum absolute atomic E-state index is 0.722. The van der Waals surface area contributed by atoms with Gasteiger partial charge in [-0.05, 0) is 5.38 Å².